The van der Waals surface area contributed by atoms with Gasteiger partial charge in [0, 0.05) is 6.07 Å². The van der Waals surface area contributed by atoms with E-state index in [-0.39, 0.29) is 5.41 Å². The third-order valence-corrected chi connectivity index (χ3v) is 5.63. The zero-order valence-electron chi connectivity index (χ0n) is 18.3. The van der Waals surface area contributed by atoms with Crippen molar-refractivity contribution in [3.63, 3.8) is 0 Å². The molecule has 1 heterocycles. The predicted octanol–water partition coefficient (Wildman–Crippen LogP) is 6.44. The predicted molar refractivity (Wildman–Crippen MR) is 117 cm³/mol. The average molecular weight is 361 g/mol. The molecule has 0 fully saturated rings. The Hall–Kier alpha value is -2.15. The number of hydrogen-bond donors (Lipinski definition) is 0. The average Bonchev–Trinajstić information content (AvgIpc) is 2.56. The normalized spacial score (nSPS) is 12.2. The Bertz CT molecular complexity index is 987. The van der Waals surface area contributed by atoms with Crippen molar-refractivity contribution in [1.82, 2.24) is 0 Å². The summed E-state index contributed by atoms with van der Waals surface area (Å²) in [6.07, 6.45) is 3.33. The summed E-state index contributed by atoms with van der Waals surface area (Å²) in [7, 11) is 2.16. The zero-order valence-corrected chi connectivity index (χ0v) is 18.3. The molecule has 0 saturated carbocycles. The highest BCUT2D eigenvalue weighted by Gasteiger charge is 2.22. The van der Waals surface area contributed by atoms with E-state index in [0.717, 1.165) is 6.42 Å². The van der Waals surface area contributed by atoms with Crippen LogP contribution in [0.5, 0.6) is 0 Å². The monoisotopic (exact) mass is 360 g/mol. The van der Waals surface area contributed by atoms with Gasteiger partial charge in [0.05, 0.1) is 10.9 Å². The zero-order chi connectivity index (χ0) is 19.9. The lowest BCUT2D eigenvalue weighted by atomic mass is 9.82. The van der Waals surface area contributed by atoms with Gasteiger partial charge in [-0.1, -0.05) is 52.8 Å². The van der Waals surface area contributed by atoms with Crippen molar-refractivity contribution in [2.45, 2.75) is 60.3 Å². The lowest BCUT2D eigenvalue weighted by Crippen LogP contribution is -2.31. The minimum atomic E-state index is 0.140. The third-order valence-electron chi connectivity index (χ3n) is 5.63. The molecule has 0 bridgehead atoms. The Labute approximate surface area is 165 Å². The van der Waals surface area contributed by atoms with E-state index in [1.54, 1.807) is 0 Å². The summed E-state index contributed by atoms with van der Waals surface area (Å²) in [6, 6.07) is 14.0. The fraction of sp³-hybridized carbons (Fsp3) is 0.423. The van der Waals surface area contributed by atoms with Crippen molar-refractivity contribution in [2.24, 2.45) is 13.0 Å². The molecule has 3 rings (SSSR count). The minimum absolute atomic E-state index is 0.140. The Morgan fingerprint density at radius 2 is 1.67 bits per heavy atom. The summed E-state index contributed by atoms with van der Waals surface area (Å²) in [5, 5.41) is 2.67. The van der Waals surface area contributed by atoms with Crippen LogP contribution in [0, 0.1) is 19.8 Å². The van der Waals surface area contributed by atoms with Crippen LogP contribution in [0.25, 0.3) is 22.0 Å². The van der Waals surface area contributed by atoms with Gasteiger partial charge in [0.2, 0.25) is 5.69 Å². The summed E-state index contributed by atoms with van der Waals surface area (Å²) >= 11 is 0. The van der Waals surface area contributed by atoms with Crippen LogP contribution in [0.1, 0.15) is 56.9 Å². The Kier molecular flexibility index (Phi) is 5.16. The second-order valence-electron chi connectivity index (χ2n) is 9.51. The molecule has 1 aromatic heterocycles. The van der Waals surface area contributed by atoms with E-state index in [9.17, 15) is 0 Å². The lowest BCUT2D eigenvalue weighted by Gasteiger charge is -2.22. The molecule has 0 aliphatic heterocycles. The van der Waals surface area contributed by atoms with Crippen molar-refractivity contribution in [1.29, 1.82) is 0 Å². The minimum Gasteiger partial charge on any atom is -0.200 e. The summed E-state index contributed by atoms with van der Waals surface area (Å²) in [5.74, 6) is 0.676. The van der Waals surface area contributed by atoms with Crippen LogP contribution in [-0.4, -0.2) is 0 Å². The standard InChI is InChI=1S/C26H34N/c1-17(2)13-20-9-10-23-21(15-20)11-12-27(8)25(23)24-16-22(26(5,6)7)14-18(3)19(24)4/h9-12,14-17H,13H2,1-8H3/q+1. The first-order valence-electron chi connectivity index (χ1n) is 10.1. The second-order valence-corrected chi connectivity index (χ2v) is 9.51. The fourth-order valence-corrected chi connectivity index (χ4v) is 3.89. The lowest BCUT2D eigenvalue weighted by molar-refractivity contribution is -0.659. The molecule has 2 aromatic carbocycles. The smallest absolute Gasteiger partial charge is 0.200 e. The highest BCUT2D eigenvalue weighted by Crippen LogP contribution is 2.34. The van der Waals surface area contributed by atoms with Crippen LogP contribution in [0.4, 0.5) is 0 Å². The summed E-state index contributed by atoms with van der Waals surface area (Å²) in [6.45, 7) is 15.9. The number of aryl methyl sites for hydroxylation is 2. The molecular formula is C26H34N+. The molecule has 0 atom stereocenters. The number of hydrogen-bond acceptors (Lipinski definition) is 0. The van der Waals surface area contributed by atoms with E-state index < -0.39 is 0 Å². The topological polar surface area (TPSA) is 3.88 Å². The van der Waals surface area contributed by atoms with E-state index in [1.165, 1.54) is 44.3 Å². The first kappa shape index (κ1) is 19.6. The number of benzene rings is 2. The van der Waals surface area contributed by atoms with Gasteiger partial charge in [0.15, 0.2) is 6.20 Å². The van der Waals surface area contributed by atoms with Crippen LogP contribution in [0.15, 0.2) is 42.6 Å². The molecule has 0 radical (unpaired) electrons. The summed E-state index contributed by atoms with van der Waals surface area (Å²) in [4.78, 5) is 0. The molecule has 0 aliphatic rings. The number of pyridine rings is 1. The van der Waals surface area contributed by atoms with E-state index >= 15 is 0 Å². The summed E-state index contributed by atoms with van der Waals surface area (Å²) < 4.78 is 2.28. The number of fused-ring (bicyclic) bond motifs is 1. The second kappa shape index (κ2) is 7.11. The highest BCUT2D eigenvalue weighted by molar-refractivity contribution is 5.94. The molecule has 142 valence electrons. The molecule has 1 heteroatoms. The Balaban J connectivity index is 2.28. The number of aromatic nitrogens is 1. The van der Waals surface area contributed by atoms with Crippen LogP contribution >= 0.6 is 0 Å². The SMILES string of the molecule is Cc1cc(C(C)(C)C)cc(-c2c3ccc(CC(C)C)cc3cc[n+]2C)c1C. The molecule has 0 aliphatic carbocycles. The van der Waals surface area contributed by atoms with E-state index in [4.69, 9.17) is 0 Å². The van der Waals surface area contributed by atoms with Gasteiger partial charge >= 0.3 is 0 Å². The first-order chi connectivity index (χ1) is 12.6. The molecule has 0 spiro atoms. The molecule has 0 saturated heterocycles. The Morgan fingerprint density at radius 3 is 2.30 bits per heavy atom. The largest absolute Gasteiger partial charge is 0.220 e. The molecule has 27 heavy (non-hydrogen) atoms. The van der Waals surface area contributed by atoms with E-state index in [0.29, 0.717) is 5.92 Å². The van der Waals surface area contributed by atoms with Gasteiger partial charge in [0.1, 0.15) is 7.05 Å². The van der Waals surface area contributed by atoms with Crippen LogP contribution in [0.2, 0.25) is 0 Å². The van der Waals surface area contributed by atoms with Gasteiger partial charge in [-0.25, -0.2) is 4.57 Å². The molecule has 1 nitrogen and oxygen atoms in total. The van der Waals surface area contributed by atoms with Crippen molar-refractivity contribution >= 4 is 10.8 Å². The molecular weight excluding hydrogens is 326 g/mol. The van der Waals surface area contributed by atoms with Gasteiger partial charge in [-0.15, -0.1) is 0 Å². The maximum absolute atomic E-state index is 2.40. The van der Waals surface area contributed by atoms with Crippen molar-refractivity contribution < 1.29 is 4.57 Å². The van der Waals surface area contributed by atoms with Crippen molar-refractivity contribution in [2.75, 3.05) is 0 Å². The fourth-order valence-electron chi connectivity index (χ4n) is 3.89. The molecule has 3 aromatic rings. The Morgan fingerprint density at radius 1 is 0.963 bits per heavy atom. The quantitative estimate of drug-likeness (QED) is 0.473. The van der Waals surface area contributed by atoms with Crippen LogP contribution < -0.4 is 4.57 Å². The number of nitrogens with zero attached hydrogens (tertiary/aromatic N) is 1. The number of rotatable bonds is 3. The first-order valence-corrected chi connectivity index (χ1v) is 10.1. The van der Waals surface area contributed by atoms with Gasteiger partial charge in [0.25, 0.3) is 0 Å². The van der Waals surface area contributed by atoms with Crippen molar-refractivity contribution in [3.05, 3.63) is 64.8 Å². The summed E-state index contributed by atoms with van der Waals surface area (Å²) in [5.41, 5.74) is 8.37. The third kappa shape index (κ3) is 3.93. The maximum Gasteiger partial charge on any atom is 0.220 e. The van der Waals surface area contributed by atoms with E-state index in [1.807, 2.05) is 0 Å². The molecule has 0 amide bonds. The van der Waals surface area contributed by atoms with Gasteiger partial charge in [-0.05, 0) is 71.4 Å². The van der Waals surface area contributed by atoms with Crippen LogP contribution in [-0.2, 0) is 18.9 Å². The van der Waals surface area contributed by atoms with Gasteiger partial charge in [-0.2, -0.15) is 0 Å². The van der Waals surface area contributed by atoms with Crippen LogP contribution in [0.3, 0.4) is 0 Å². The van der Waals surface area contributed by atoms with Gasteiger partial charge in [-0.3, -0.25) is 0 Å². The van der Waals surface area contributed by atoms with E-state index in [2.05, 4.69) is 103 Å². The molecule has 0 unspecified atom stereocenters. The van der Waals surface area contributed by atoms with Gasteiger partial charge < -0.3 is 0 Å². The highest BCUT2D eigenvalue weighted by atomic mass is 14.9. The molecule has 0 N–H and O–H groups in total. The maximum atomic E-state index is 2.40. The van der Waals surface area contributed by atoms with Crippen molar-refractivity contribution in [3.8, 4) is 11.3 Å².